The molecular weight excluding hydrogens is 358 g/mol. The molecule has 1 aromatic carbocycles. The fourth-order valence-electron chi connectivity index (χ4n) is 2.91. The maximum Gasteiger partial charge on any atom is 0.124 e. The quantitative estimate of drug-likeness (QED) is 0.264. The Labute approximate surface area is 168 Å². The van der Waals surface area contributed by atoms with E-state index in [9.17, 15) is 13.0 Å². The highest BCUT2D eigenvalue weighted by molar-refractivity contribution is 7.85. The summed E-state index contributed by atoms with van der Waals surface area (Å²) in [6.45, 7) is 5.20. The first-order valence-corrected chi connectivity index (χ1v) is 11.8. The van der Waals surface area contributed by atoms with Crippen molar-refractivity contribution in [2.45, 2.75) is 83.0 Å². The van der Waals surface area contributed by atoms with E-state index in [1.807, 2.05) is 0 Å². The topological polar surface area (TPSA) is 57.2 Å². The molecule has 0 aliphatic rings. The molecule has 0 saturated heterocycles. The Kier molecular flexibility index (Phi) is 13.7. The predicted molar refractivity (Wildman–Crippen MR) is 114 cm³/mol. The van der Waals surface area contributed by atoms with Crippen LogP contribution in [0.1, 0.15) is 76.7 Å². The molecule has 0 amide bonds. The van der Waals surface area contributed by atoms with Crippen molar-refractivity contribution in [2.24, 2.45) is 0 Å². The Morgan fingerprint density at radius 1 is 0.815 bits per heavy atom. The number of quaternary nitrogens is 1. The summed E-state index contributed by atoms with van der Waals surface area (Å²) >= 11 is 0. The van der Waals surface area contributed by atoms with Gasteiger partial charge >= 0.3 is 0 Å². The molecule has 158 valence electrons. The number of aryl methyl sites for hydroxylation is 1. The van der Waals surface area contributed by atoms with Crippen LogP contribution in [0.25, 0.3) is 0 Å². The first-order valence-electron chi connectivity index (χ1n) is 10.4. The fraction of sp³-hybridized carbons (Fsp3) is 0.727. The molecule has 1 aromatic rings. The van der Waals surface area contributed by atoms with Crippen LogP contribution in [-0.2, 0) is 10.1 Å². The van der Waals surface area contributed by atoms with Crippen LogP contribution in [0, 0.1) is 6.92 Å². The van der Waals surface area contributed by atoms with E-state index >= 15 is 0 Å². The third-order valence-corrected chi connectivity index (χ3v) is 5.54. The molecule has 0 aliphatic heterocycles. The first kappa shape index (κ1) is 26.1. The number of nitrogens with zero attached hydrogens (tertiary/aromatic N) is 1. The lowest BCUT2D eigenvalue weighted by atomic mass is 10.1. The van der Waals surface area contributed by atoms with Crippen molar-refractivity contribution >= 4 is 10.1 Å². The van der Waals surface area contributed by atoms with Gasteiger partial charge in [0.05, 0.1) is 32.6 Å². The van der Waals surface area contributed by atoms with Crippen LogP contribution in [0.2, 0.25) is 0 Å². The van der Waals surface area contributed by atoms with Gasteiger partial charge in [0.1, 0.15) is 10.1 Å². The molecule has 27 heavy (non-hydrogen) atoms. The first-order chi connectivity index (χ1) is 12.6. The lowest BCUT2D eigenvalue weighted by Crippen LogP contribution is -2.35. The third kappa shape index (κ3) is 15.8. The van der Waals surface area contributed by atoms with Crippen LogP contribution < -0.4 is 0 Å². The smallest absolute Gasteiger partial charge is 0.124 e. The van der Waals surface area contributed by atoms with E-state index in [-0.39, 0.29) is 4.90 Å². The number of unbranched alkanes of at least 4 members (excludes halogenated alkanes) is 9. The SMILES string of the molecule is CCCCCCCCCCCC[N+](C)(C)C.Cc1ccccc1S(=O)(=O)[O-]. The summed E-state index contributed by atoms with van der Waals surface area (Å²) < 4.78 is 32.6. The van der Waals surface area contributed by atoms with Gasteiger partial charge in [0, 0.05) is 0 Å². The van der Waals surface area contributed by atoms with Gasteiger partial charge in [0.25, 0.3) is 0 Å². The summed E-state index contributed by atoms with van der Waals surface area (Å²) in [6, 6.07) is 6.10. The van der Waals surface area contributed by atoms with E-state index in [0.717, 1.165) is 4.48 Å². The Hall–Kier alpha value is -0.910. The summed E-state index contributed by atoms with van der Waals surface area (Å²) in [7, 11) is 2.57. The Morgan fingerprint density at radius 3 is 1.63 bits per heavy atom. The zero-order valence-corrected chi connectivity index (χ0v) is 19.0. The maximum atomic E-state index is 10.5. The second-order valence-electron chi connectivity index (χ2n) is 8.42. The zero-order valence-electron chi connectivity index (χ0n) is 18.2. The summed E-state index contributed by atoms with van der Waals surface area (Å²) in [5.41, 5.74) is 0.488. The molecule has 0 N–H and O–H groups in total. The number of hydrogen-bond donors (Lipinski definition) is 0. The molecule has 0 heterocycles. The predicted octanol–water partition coefficient (Wildman–Crippen LogP) is 5.51. The average molecular weight is 400 g/mol. The minimum absolute atomic E-state index is 0.139. The molecule has 0 aliphatic carbocycles. The van der Waals surface area contributed by atoms with Crippen molar-refractivity contribution in [3.05, 3.63) is 29.8 Å². The largest absolute Gasteiger partial charge is 0.744 e. The van der Waals surface area contributed by atoms with Crippen LogP contribution >= 0.6 is 0 Å². The highest BCUT2D eigenvalue weighted by Crippen LogP contribution is 2.12. The van der Waals surface area contributed by atoms with Gasteiger partial charge in [-0.3, -0.25) is 0 Å². The third-order valence-electron chi connectivity index (χ3n) is 4.55. The second-order valence-corrected chi connectivity index (χ2v) is 9.76. The fourth-order valence-corrected chi connectivity index (χ4v) is 3.62. The number of benzene rings is 1. The summed E-state index contributed by atoms with van der Waals surface area (Å²) in [5, 5.41) is 0. The second kappa shape index (κ2) is 14.1. The van der Waals surface area contributed by atoms with Crippen LogP contribution in [0.4, 0.5) is 0 Å². The van der Waals surface area contributed by atoms with Gasteiger partial charge in [-0.15, -0.1) is 0 Å². The Balaban J connectivity index is 0.000000533. The summed E-state index contributed by atoms with van der Waals surface area (Å²) in [6.07, 6.45) is 14.4. The molecule has 0 radical (unpaired) electrons. The molecule has 0 spiro atoms. The number of rotatable bonds is 12. The lowest BCUT2D eigenvalue weighted by Gasteiger charge is -2.23. The highest BCUT2D eigenvalue weighted by atomic mass is 32.2. The molecule has 0 aromatic heterocycles. The molecule has 0 bridgehead atoms. The standard InChI is InChI=1S/C15H34N.C7H8O3S/c1-5-6-7-8-9-10-11-12-13-14-15-16(2,3)4;1-6-4-2-3-5-7(6)11(8,9)10/h5-15H2,1-4H3;2-5H,1H3,(H,8,9,10)/q+1;/p-1. The molecule has 1 rings (SSSR count). The van der Waals surface area contributed by atoms with Crippen LogP contribution in [0.15, 0.2) is 29.2 Å². The van der Waals surface area contributed by atoms with Crippen molar-refractivity contribution in [3.8, 4) is 0 Å². The molecule has 5 heteroatoms. The minimum atomic E-state index is -4.28. The van der Waals surface area contributed by atoms with Crippen molar-refractivity contribution in [2.75, 3.05) is 27.7 Å². The monoisotopic (exact) mass is 399 g/mol. The van der Waals surface area contributed by atoms with E-state index in [1.54, 1.807) is 19.1 Å². The van der Waals surface area contributed by atoms with Gasteiger partial charge in [-0.05, 0) is 31.4 Å². The highest BCUT2D eigenvalue weighted by Gasteiger charge is 2.05. The molecular formula is C22H41NO3S. The van der Waals surface area contributed by atoms with Crippen LogP contribution in [0.5, 0.6) is 0 Å². The molecule has 0 saturated carbocycles. The summed E-state index contributed by atoms with van der Waals surface area (Å²) in [4.78, 5) is -0.139. The van der Waals surface area contributed by atoms with E-state index in [0.29, 0.717) is 5.56 Å². The average Bonchev–Trinajstić information content (AvgIpc) is 2.55. The number of hydrogen-bond acceptors (Lipinski definition) is 3. The van der Waals surface area contributed by atoms with Crippen molar-refractivity contribution in [1.82, 2.24) is 0 Å². The van der Waals surface area contributed by atoms with Gasteiger partial charge in [-0.2, -0.15) is 0 Å². The van der Waals surface area contributed by atoms with Gasteiger partial charge in [-0.25, -0.2) is 8.42 Å². The Bertz CT molecular complexity index is 592. The molecule has 0 atom stereocenters. The van der Waals surface area contributed by atoms with Crippen LogP contribution in [-0.4, -0.2) is 45.1 Å². The molecule has 0 fully saturated rings. The van der Waals surface area contributed by atoms with Crippen LogP contribution in [0.3, 0.4) is 0 Å². The Morgan fingerprint density at radius 2 is 1.26 bits per heavy atom. The minimum Gasteiger partial charge on any atom is -0.744 e. The molecule has 4 nitrogen and oxygen atoms in total. The normalized spacial score (nSPS) is 11.8. The van der Waals surface area contributed by atoms with E-state index < -0.39 is 10.1 Å². The van der Waals surface area contributed by atoms with Crippen molar-refractivity contribution < 1.29 is 17.5 Å². The maximum absolute atomic E-state index is 10.5. The van der Waals surface area contributed by atoms with E-state index in [1.165, 1.54) is 82.9 Å². The van der Waals surface area contributed by atoms with E-state index in [4.69, 9.17) is 0 Å². The van der Waals surface area contributed by atoms with E-state index in [2.05, 4.69) is 28.1 Å². The van der Waals surface area contributed by atoms with Gasteiger partial charge in [-0.1, -0.05) is 76.5 Å². The lowest BCUT2D eigenvalue weighted by molar-refractivity contribution is -0.870. The van der Waals surface area contributed by atoms with Crippen molar-refractivity contribution in [3.63, 3.8) is 0 Å². The zero-order chi connectivity index (χ0) is 20.8. The summed E-state index contributed by atoms with van der Waals surface area (Å²) in [5.74, 6) is 0. The van der Waals surface area contributed by atoms with Crippen molar-refractivity contribution in [1.29, 1.82) is 0 Å². The molecule has 0 unspecified atom stereocenters. The van der Waals surface area contributed by atoms with Gasteiger partial charge < -0.3 is 9.04 Å². The van der Waals surface area contributed by atoms with Gasteiger partial charge in [0.2, 0.25) is 0 Å². The van der Waals surface area contributed by atoms with Gasteiger partial charge in [0.15, 0.2) is 0 Å².